The molecule has 0 radical (unpaired) electrons. The molecule has 0 unspecified atom stereocenters. The van der Waals surface area contributed by atoms with Gasteiger partial charge in [0.05, 0.1) is 12.4 Å². The maximum absolute atomic E-state index is 12.8. The normalized spacial score (nSPS) is 15.1. The number of hydrogen-bond donors (Lipinski definition) is 1. The fourth-order valence-corrected chi connectivity index (χ4v) is 3.92. The Balaban J connectivity index is 1.73. The smallest absolute Gasteiger partial charge is 0.238 e. The molecule has 26 heavy (non-hydrogen) atoms. The third kappa shape index (κ3) is 4.20. The zero-order valence-electron chi connectivity index (χ0n) is 15.7. The van der Waals surface area contributed by atoms with E-state index in [1.54, 1.807) is 7.11 Å². The largest absolute Gasteiger partial charge is 0.497 e. The van der Waals surface area contributed by atoms with Gasteiger partial charge >= 0.3 is 0 Å². The summed E-state index contributed by atoms with van der Waals surface area (Å²) >= 11 is 1.50. The van der Waals surface area contributed by atoms with Crippen LogP contribution in [0.25, 0.3) is 0 Å². The van der Waals surface area contributed by atoms with E-state index in [2.05, 4.69) is 40.9 Å². The van der Waals surface area contributed by atoms with Crippen LogP contribution in [0.2, 0.25) is 0 Å². The molecule has 0 aliphatic heterocycles. The van der Waals surface area contributed by atoms with Gasteiger partial charge in [0, 0.05) is 18.2 Å². The summed E-state index contributed by atoms with van der Waals surface area (Å²) in [6.45, 7) is 7.03. The SMILES string of the molecule is CCn1c(S[C@@H](C(=O)Nc2ccc(OC)cc2)C(C)C)nnc1C1CC1. The van der Waals surface area contributed by atoms with Crippen LogP contribution in [0.4, 0.5) is 5.69 Å². The average Bonchev–Trinajstić information content (AvgIpc) is 3.40. The van der Waals surface area contributed by atoms with E-state index in [-0.39, 0.29) is 17.1 Å². The number of hydrogen-bond acceptors (Lipinski definition) is 5. The first kappa shape index (κ1) is 18.8. The molecule has 1 saturated carbocycles. The summed E-state index contributed by atoms with van der Waals surface area (Å²) in [5, 5.41) is 12.3. The van der Waals surface area contributed by atoms with E-state index in [1.807, 2.05) is 24.3 Å². The molecule has 2 aromatic rings. The van der Waals surface area contributed by atoms with Crippen LogP contribution in [0.5, 0.6) is 5.75 Å². The molecule has 140 valence electrons. The molecule has 1 aliphatic carbocycles. The molecule has 3 rings (SSSR count). The summed E-state index contributed by atoms with van der Waals surface area (Å²) in [5.41, 5.74) is 0.762. The quantitative estimate of drug-likeness (QED) is 0.709. The van der Waals surface area contributed by atoms with E-state index in [1.165, 1.54) is 24.6 Å². The fourth-order valence-electron chi connectivity index (χ4n) is 2.82. The van der Waals surface area contributed by atoms with Crippen molar-refractivity contribution in [3.8, 4) is 5.75 Å². The van der Waals surface area contributed by atoms with Crippen LogP contribution in [0.15, 0.2) is 29.4 Å². The van der Waals surface area contributed by atoms with Crippen LogP contribution < -0.4 is 10.1 Å². The number of benzene rings is 1. The van der Waals surface area contributed by atoms with Gasteiger partial charge in [0.2, 0.25) is 5.91 Å². The lowest BCUT2D eigenvalue weighted by Gasteiger charge is -2.20. The van der Waals surface area contributed by atoms with Crippen molar-refractivity contribution in [1.29, 1.82) is 0 Å². The topological polar surface area (TPSA) is 69.0 Å². The second kappa shape index (κ2) is 8.12. The monoisotopic (exact) mass is 374 g/mol. The Morgan fingerprint density at radius 1 is 1.31 bits per heavy atom. The van der Waals surface area contributed by atoms with E-state index in [4.69, 9.17) is 4.74 Å². The molecule has 1 heterocycles. The predicted octanol–water partition coefficient (Wildman–Crippen LogP) is 3.94. The second-order valence-electron chi connectivity index (χ2n) is 6.86. The third-order valence-electron chi connectivity index (χ3n) is 4.46. The van der Waals surface area contributed by atoms with Crippen molar-refractivity contribution in [2.24, 2.45) is 5.92 Å². The molecule has 1 atom stereocenters. The van der Waals surface area contributed by atoms with Gasteiger partial charge in [-0.1, -0.05) is 25.6 Å². The number of carbonyl (C=O) groups is 1. The van der Waals surface area contributed by atoms with Gasteiger partial charge in [-0.05, 0) is 49.9 Å². The molecule has 0 saturated heterocycles. The average molecular weight is 375 g/mol. The van der Waals surface area contributed by atoms with Gasteiger partial charge in [0.15, 0.2) is 5.16 Å². The number of amides is 1. The van der Waals surface area contributed by atoms with Crippen LogP contribution in [-0.4, -0.2) is 33.0 Å². The molecular weight excluding hydrogens is 348 g/mol. The van der Waals surface area contributed by atoms with Gasteiger partial charge in [-0.3, -0.25) is 4.79 Å². The van der Waals surface area contributed by atoms with Crippen LogP contribution in [0, 0.1) is 5.92 Å². The third-order valence-corrected chi connectivity index (χ3v) is 5.98. The molecule has 0 spiro atoms. The van der Waals surface area contributed by atoms with Crippen molar-refractivity contribution in [2.75, 3.05) is 12.4 Å². The Morgan fingerprint density at radius 3 is 2.54 bits per heavy atom. The first-order valence-corrected chi connectivity index (χ1v) is 9.96. The summed E-state index contributed by atoms with van der Waals surface area (Å²) < 4.78 is 7.31. The summed E-state index contributed by atoms with van der Waals surface area (Å²) in [6, 6.07) is 7.36. The Labute approximate surface area is 158 Å². The summed E-state index contributed by atoms with van der Waals surface area (Å²) in [7, 11) is 1.62. The Morgan fingerprint density at radius 2 is 2.00 bits per heavy atom. The summed E-state index contributed by atoms with van der Waals surface area (Å²) in [6.07, 6.45) is 2.38. The first-order valence-electron chi connectivity index (χ1n) is 9.08. The minimum Gasteiger partial charge on any atom is -0.497 e. The lowest BCUT2D eigenvalue weighted by atomic mass is 10.1. The lowest BCUT2D eigenvalue weighted by molar-refractivity contribution is -0.116. The van der Waals surface area contributed by atoms with E-state index < -0.39 is 0 Å². The number of methoxy groups -OCH3 is 1. The van der Waals surface area contributed by atoms with Crippen molar-refractivity contribution in [2.45, 2.75) is 56.5 Å². The van der Waals surface area contributed by atoms with Gasteiger partial charge in [-0.15, -0.1) is 10.2 Å². The van der Waals surface area contributed by atoms with E-state index in [0.29, 0.717) is 5.92 Å². The molecular formula is C19H26N4O2S. The van der Waals surface area contributed by atoms with Gasteiger partial charge in [0.25, 0.3) is 0 Å². The number of anilines is 1. The van der Waals surface area contributed by atoms with Gasteiger partial charge in [-0.2, -0.15) is 0 Å². The first-order chi connectivity index (χ1) is 12.5. The van der Waals surface area contributed by atoms with Gasteiger partial charge < -0.3 is 14.6 Å². The van der Waals surface area contributed by atoms with Crippen molar-refractivity contribution in [1.82, 2.24) is 14.8 Å². The molecule has 1 aliphatic rings. The maximum atomic E-state index is 12.8. The molecule has 1 N–H and O–H groups in total. The van der Waals surface area contributed by atoms with Crippen LogP contribution >= 0.6 is 11.8 Å². The molecule has 6 nitrogen and oxygen atoms in total. The van der Waals surface area contributed by atoms with E-state index in [9.17, 15) is 4.79 Å². The molecule has 1 aromatic heterocycles. The number of ether oxygens (including phenoxy) is 1. The van der Waals surface area contributed by atoms with Crippen molar-refractivity contribution < 1.29 is 9.53 Å². The highest BCUT2D eigenvalue weighted by molar-refractivity contribution is 8.00. The summed E-state index contributed by atoms with van der Waals surface area (Å²) in [4.78, 5) is 12.8. The standard InChI is InChI=1S/C19H26N4O2S/c1-5-23-17(13-6-7-13)21-22-19(23)26-16(12(2)3)18(24)20-14-8-10-15(25-4)11-9-14/h8-13,16H,5-7H2,1-4H3,(H,20,24)/t16-/m1/s1. The number of nitrogens with zero attached hydrogens (tertiary/aromatic N) is 3. The van der Waals surface area contributed by atoms with Crippen molar-refractivity contribution in [3.05, 3.63) is 30.1 Å². The van der Waals surface area contributed by atoms with E-state index in [0.717, 1.165) is 29.0 Å². The Hall–Kier alpha value is -2.02. The van der Waals surface area contributed by atoms with Gasteiger partial charge in [0.1, 0.15) is 11.6 Å². The summed E-state index contributed by atoms with van der Waals surface area (Å²) in [5.74, 6) is 2.52. The number of thioether (sulfide) groups is 1. The molecule has 1 amide bonds. The Bertz CT molecular complexity index is 753. The van der Waals surface area contributed by atoms with Crippen molar-refractivity contribution in [3.63, 3.8) is 0 Å². The molecule has 7 heteroatoms. The number of aromatic nitrogens is 3. The molecule has 1 fully saturated rings. The fraction of sp³-hybridized carbons (Fsp3) is 0.526. The minimum atomic E-state index is -0.237. The number of rotatable bonds is 8. The number of nitrogens with one attached hydrogen (secondary N) is 1. The highest BCUT2D eigenvalue weighted by Gasteiger charge is 2.32. The molecule has 0 bridgehead atoms. The number of carbonyl (C=O) groups excluding carboxylic acids is 1. The molecule has 1 aromatic carbocycles. The highest BCUT2D eigenvalue weighted by Crippen LogP contribution is 2.40. The zero-order valence-corrected chi connectivity index (χ0v) is 16.5. The highest BCUT2D eigenvalue weighted by atomic mass is 32.2. The van der Waals surface area contributed by atoms with Crippen LogP contribution in [-0.2, 0) is 11.3 Å². The van der Waals surface area contributed by atoms with E-state index >= 15 is 0 Å². The van der Waals surface area contributed by atoms with Crippen LogP contribution in [0.3, 0.4) is 0 Å². The van der Waals surface area contributed by atoms with Crippen molar-refractivity contribution >= 4 is 23.4 Å². The van der Waals surface area contributed by atoms with Crippen LogP contribution in [0.1, 0.15) is 45.4 Å². The lowest BCUT2D eigenvalue weighted by Crippen LogP contribution is -2.30. The maximum Gasteiger partial charge on any atom is 0.238 e. The van der Waals surface area contributed by atoms with Gasteiger partial charge in [-0.25, -0.2) is 0 Å². The minimum absolute atomic E-state index is 0.0196. The predicted molar refractivity (Wildman–Crippen MR) is 104 cm³/mol. The zero-order chi connectivity index (χ0) is 18.7. The second-order valence-corrected chi connectivity index (χ2v) is 7.97. The Kier molecular flexibility index (Phi) is 5.86.